The first-order valence-corrected chi connectivity index (χ1v) is 22.1. The molecule has 10 heterocycles. The number of β-amino-alcohol motifs (C(OH)–C–C–N with tert-alkyl or cyclic N) is 2. The average molecular weight is 863 g/mol. The highest BCUT2D eigenvalue weighted by atomic mass is 19.1. The summed E-state index contributed by atoms with van der Waals surface area (Å²) in [5.74, 6) is 0.527. The van der Waals surface area contributed by atoms with Gasteiger partial charge in [-0.15, -0.1) is 0 Å². The van der Waals surface area contributed by atoms with E-state index in [0.29, 0.717) is 13.1 Å². The van der Waals surface area contributed by atoms with Gasteiger partial charge in [0, 0.05) is 109 Å². The summed E-state index contributed by atoms with van der Waals surface area (Å²) >= 11 is 0. The summed E-state index contributed by atoms with van der Waals surface area (Å²) in [7, 11) is 0. The number of halogens is 1. The van der Waals surface area contributed by atoms with Crippen LogP contribution >= 0.6 is 0 Å². The Kier molecular flexibility index (Phi) is 9.60. The topological polar surface area (TPSA) is 197 Å². The molecule has 0 bridgehead atoms. The minimum atomic E-state index is -0.504. The number of carbonyl (C=O) groups is 2. The van der Waals surface area contributed by atoms with Crippen molar-refractivity contribution in [2.24, 2.45) is 0 Å². The lowest BCUT2D eigenvalue weighted by Crippen LogP contribution is -2.51. The molecule has 6 aromatic rings. The summed E-state index contributed by atoms with van der Waals surface area (Å²) in [6.07, 6.45) is 16.4. The molecule has 2 spiro atoms. The van der Waals surface area contributed by atoms with Gasteiger partial charge in [0.25, 0.3) is 11.8 Å². The number of hydrogen-bond acceptors (Lipinski definition) is 10. The van der Waals surface area contributed by atoms with Gasteiger partial charge in [-0.2, -0.15) is 4.39 Å². The van der Waals surface area contributed by atoms with Crippen LogP contribution in [-0.4, -0.2) is 101 Å². The number of nitrogens with one attached hydrogen (secondary N) is 5. The van der Waals surface area contributed by atoms with Crippen molar-refractivity contribution in [1.82, 2.24) is 45.9 Å². The van der Waals surface area contributed by atoms with Crippen molar-refractivity contribution < 1.29 is 24.2 Å². The third-order valence-electron chi connectivity index (χ3n) is 14.1. The van der Waals surface area contributed by atoms with Crippen LogP contribution in [0.5, 0.6) is 0 Å². The van der Waals surface area contributed by atoms with Crippen LogP contribution in [0.3, 0.4) is 0 Å². The van der Waals surface area contributed by atoms with E-state index in [1.807, 2.05) is 36.8 Å². The van der Waals surface area contributed by atoms with Crippen LogP contribution in [0.25, 0.3) is 45.0 Å². The van der Waals surface area contributed by atoms with Gasteiger partial charge in [-0.3, -0.25) is 19.6 Å². The third-order valence-corrected chi connectivity index (χ3v) is 14.1. The second-order valence-corrected chi connectivity index (χ2v) is 18.6. The first kappa shape index (κ1) is 40.5. The van der Waals surface area contributed by atoms with Crippen molar-refractivity contribution >= 4 is 17.6 Å². The summed E-state index contributed by atoms with van der Waals surface area (Å²) < 4.78 is 13.1. The van der Waals surface area contributed by atoms with E-state index in [-0.39, 0.29) is 42.5 Å². The molecular weight excluding hydrogens is 812 g/mol. The molecule has 14 nitrogen and oxygen atoms in total. The Morgan fingerprint density at radius 2 is 1.14 bits per heavy atom. The summed E-state index contributed by atoms with van der Waals surface area (Å²) in [5, 5.41) is 27.3. The molecule has 0 atom stereocenters. The van der Waals surface area contributed by atoms with E-state index >= 15 is 0 Å². The predicted octanol–water partition coefficient (Wildman–Crippen LogP) is 5.02. The number of aliphatic hydroxyl groups is 2. The van der Waals surface area contributed by atoms with Crippen LogP contribution in [0, 0.1) is 5.95 Å². The van der Waals surface area contributed by atoms with Gasteiger partial charge < -0.3 is 41.0 Å². The number of aliphatic hydroxyl groups excluding tert-OH is 2. The molecule has 2 amide bonds. The van der Waals surface area contributed by atoms with Gasteiger partial charge in [-0.25, -0.2) is 9.97 Å². The smallest absolute Gasteiger partial charge is 0.253 e. The Hall–Kier alpha value is -6.29. The zero-order valence-corrected chi connectivity index (χ0v) is 34.7. The van der Waals surface area contributed by atoms with Crippen molar-refractivity contribution in [3.8, 4) is 45.0 Å². The molecular formula is C49H51FN10O4. The van der Waals surface area contributed by atoms with Crippen molar-refractivity contribution in [2.45, 2.75) is 94.9 Å². The number of aryl methyl sites for hydroxylation is 2. The first-order valence-electron chi connectivity index (χ1n) is 22.1. The molecule has 0 aromatic carbocycles. The van der Waals surface area contributed by atoms with E-state index in [2.05, 4.69) is 51.8 Å². The molecule has 328 valence electrons. The summed E-state index contributed by atoms with van der Waals surface area (Å²) in [5.41, 5.74) is 16.2. The Balaban J connectivity index is 0.000000128. The van der Waals surface area contributed by atoms with Crippen LogP contribution in [0.1, 0.15) is 87.5 Å². The zero-order valence-electron chi connectivity index (χ0n) is 34.7. The number of aromatic nitrogens is 6. The minimum absolute atomic E-state index is 0. The summed E-state index contributed by atoms with van der Waals surface area (Å²) in [6.45, 7) is 2.86. The molecule has 6 aromatic heterocycles. The van der Waals surface area contributed by atoms with E-state index in [9.17, 15) is 19.1 Å². The van der Waals surface area contributed by atoms with Crippen LogP contribution in [-0.2, 0) is 38.5 Å². The van der Waals surface area contributed by atoms with Crippen molar-refractivity contribution in [3.05, 3.63) is 112 Å². The number of aromatic amines is 2. The van der Waals surface area contributed by atoms with Gasteiger partial charge in [0.1, 0.15) is 5.82 Å². The highest BCUT2D eigenvalue weighted by Crippen LogP contribution is 2.47. The quantitative estimate of drug-likeness (QED) is 0.119. The molecule has 4 aliphatic heterocycles. The lowest BCUT2D eigenvalue weighted by molar-refractivity contribution is 0.0908. The highest BCUT2D eigenvalue weighted by Gasteiger charge is 2.50. The summed E-state index contributed by atoms with van der Waals surface area (Å²) in [4.78, 5) is 52.3. The Labute approximate surface area is 369 Å². The minimum Gasteiger partial charge on any atom is -0.390 e. The fourth-order valence-corrected chi connectivity index (χ4v) is 10.1. The Bertz CT molecular complexity index is 2840. The maximum Gasteiger partial charge on any atom is 0.253 e. The molecule has 8 aliphatic rings. The lowest BCUT2D eigenvalue weighted by atomic mass is 9.87. The SMILES string of the molecule is C.O=C1NC2(CC2)Cc2[nH]c3c(c21)CCc1cnc(-c2ccc(F)nc2)cc1-3.O=C1NC2(CC2)Cc2[nH]c3c(c21)CCc1cnc(-c2ccc(N4CC(O)C4)nc2)cc1-3.OC1CNC1. The molecule has 4 aliphatic carbocycles. The van der Waals surface area contributed by atoms with Crippen molar-refractivity contribution in [1.29, 1.82) is 0 Å². The maximum absolute atomic E-state index is 13.1. The summed E-state index contributed by atoms with van der Waals surface area (Å²) in [6, 6.07) is 11.2. The highest BCUT2D eigenvalue weighted by molar-refractivity contribution is 6.02. The molecule has 2 saturated heterocycles. The van der Waals surface area contributed by atoms with Gasteiger partial charge in [-0.1, -0.05) is 7.43 Å². The van der Waals surface area contributed by atoms with Gasteiger partial charge >= 0.3 is 0 Å². The molecule has 0 unspecified atom stereocenters. The number of rotatable bonds is 3. The number of fused-ring (bicyclic) bond motifs is 10. The van der Waals surface area contributed by atoms with Crippen LogP contribution < -0.4 is 20.9 Å². The maximum atomic E-state index is 13.1. The van der Waals surface area contributed by atoms with Crippen molar-refractivity contribution in [3.63, 3.8) is 0 Å². The largest absolute Gasteiger partial charge is 0.390 e. The number of nitrogens with zero attached hydrogens (tertiary/aromatic N) is 5. The third kappa shape index (κ3) is 7.06. The molecule has 0 radical (unpaired) electrons. The van der Waals surface area contributed by atoms with Gasteiger partial charge in [0.2, 0.25) is 5.95 Å². The number of hydrogen-bond donors (Lipinski definition) is 7. The number of H-pyrrole nitrogens is 2. The average Bonchev–Trinajstić information content (AvgIpc) is 4.11. The zero-order chi connectivity index (χ0) is 42.6. The van der Waals surface area contributed by atoms with Crippen LogP contribution in [0.15, 0.2) is 61.2 Å². The lowest BCUT2D eigenvalue weighted by Gasteiger charge is -2.36. The molecule has 64 heavy (non-hydrogen) atoms. The molecule has 2 saturated carbocycles. The van der Waals surface area contributed by atoms with E-state index in [0.717, 1.165) is 162 Å². The normalized spacial score (nSPS) is 19.8. The number of pyridine rings is 4. The Morgan fingerprint density at radius 1 is 0.641 bits per heavy atom. The predicted molar refractivity (Wildman–Crippen MR) is 239 cm³/mol. The Morgan fingerprint density at radius 3 is 1.55 bits per heavy atom. The van der Waals surface area contributed by atoms with Crippen LogP contribution in [0.2, 0.25) is 0 Å². The monoisotopic (exact) mass is 862 g/mol. The van der Waals surface area contributed by atoms with E-state index in [1.165, 1.54) is 23.4 Å². The van der Waals surface area contributed by atoms with E-state index < -0.39 is 5.95 Å². The molecule has 15 heteroatoms. The number of amides is 2. The van der Waals surface area contributed by atoms with Gasteiger partial charge in [0.15, 0.2) is 0 Å². The van der Waals surface area contributed by atoms with Crippen LogP contribution in [0.4, 0.5) is 10.2 Å². The van der Waals surface area contributed by atoms with Gasteiger partial charge in [-0.05, 0) is 110 Å². The first-order chi connectivity index (χ1) is 30.6. The fraction of sp³-hybridized carbons (Fsp3) is 0.388. The molecule has 4 fully saturated rings. The second-order valence-electron chi connectivity index (χ2n) is 18.6. The fourth-order valence-electron chi connectivity index (χ4n) is 10.1. The number of carbonyl (C=O) groups excluding carboxylic acids is 2. The van der Waals surface area contributed by atoms with E-state index in [4.69, 9.17) is 10.1 Å². The van der Waals surface area contributed by atoms with E-state index in [1.54, 1.807) is 6.07 Å². The molecule has 14 rings (SSSR count). The van der Waals surface area contributed by atoms with Crippen molar-refractivity contribution in [2.75, 3.05) is 31.1 Å². The van der Waals surface area contributed by atoms with Gasteiger partial charge in [0.05, 0.1) is 46.1 Å². The second kappa shape index (κ2) is 15.2. The standard InChI is InChI=1S/C24H23N5O2.C21H17FN4O.C3H7NO.CH4/c30-15-11-29(12-15)20-4-2-14(10-26-20)18-7-17-13(9-25-18)1-3-16-21-19(27-22(16)17)8-24(5-6-24)28-23(21)31;22-17-4-2-12(10-24-17)15-7-14-11(9-23-15)1-3-13-18-16(25-19(13)14)8-21(5-6-21)26-20(18)27;5-3-1-4-2-3;/h2,4,7,9-10,15,27,30H,1,3,5-6,8,11-12H2,(H,28,31);2,4,7,9-10,25H,1,3,5-6,8H2,(H,26,27);3-5H,1-2H2;1H4. The number of anilines is 1. The molecule has 7 N–H and O–H groups in total.